The lowest BCUT2D eigenvalue weighted by Gasteiger charge is -2.08. The van der Waals surface area contributed by atoms with Crippen molar-refractivity contribution in [1.82, 2.24) is 0 Å². The molecule has 0 heterocycles. The predicted octanol–water partition coefficient (Wildman–Crippen LogP) is 0.846. The fraction of sp³-hybridized carbons (Fsp3) is 0.750. The van der Waals surface area contributed by atoms with Crippen LogP contribution < -0.4 is 0 Å². The molecule has 0 bridgehead atoms. The van der Waals surface area contributed by atoms with Crippen molar-refractivity contribution in [3.05, 3.63) is 0 Å². The van der Waals surface area contributed by atoms with E-state index >= 15 is 0 Å². The highest BCUT2D eigenvalue weighted by Crippen LogP contribution is 2.05. The summed E-state index contributed by atoms with van der Waals surface area (Å²) in [7, 11) is 0. The van der Waals surface area contributed by atoms with Crippen molar-refractivity contribution in [3.8, 4) is 0 Å². The lowest BCUT2D eigenvalue weighted by Crippen LogP contribution is -2.23. The molecule has 0 radical (unpaired) electrons. The molecule has 1 unspecified atom stereocenters. The monoisotopic (exact) mass is 240 g/mol. The maximum Gasteiger partial charge on any atom is 0.316 e. The van der Waals surface area contributed by atoms with E-state index in [4.69, 9.17) is 18.1 Å². The molecule has 0 amide bonds. The van der Waals surface area contributed by atoms with Gasteiger partial charge in [0.15, 0.2) is 0 Å². The Morgan fingerprint density at radius 2 is 1.73 bits per heavy atom. The second kappa shape index (κ2) is 9.75. The molecule has 0 aromatic carbocycles. The normalized spacial score (nSPS) is 11.3. The number of Topliss-reactive ketones (excluding diaryl/α,β-unsaturated/α-hetero) is 1. The van der Waals surface area contributed by atoms with Gasteiger partial charge in [0, 0.05) is 0 Å². The van der Waals surface area contributed by atoms with E-state index in [1.54, 1.807) is 13.8 Å². The molecule has 0 aliphatic heterocycles. The molecule has 0 saturated carbocycles. The van der Waals surface area contributed by atoms with Crippen LogP contribution in [0.25, 0.3) is 0 Å². The van der Waals surface area contributed by atoms with Crippen molar-refractivity contribution < 1.29 is 27.6 Å². The summed E-state index contributed by atoms with van der Waals surface area (Å²) >= 11 is -2.61. The quantitative estimate of drug-likeness (QED) is 0.429. The molecule has 0 aliphatic rings. The van der Waals surface area contributed by atoms with E-state index in [1.807, 2.05) is 0 Å². The van der Waals surface area contributed by atoms with Gasteiger partial charge in [-0.2, -0.15) is 4.21 Å². The minimum absolute atomic E-state index is 0.119. The molecule has 0 spiro atoms. The third kappa shape index (κ3) is 11.1. The molecule has 1 atom stereocenters. The van der Waals surface area contributed by atoms with Crippen LogP contribution in [0.1, 0.15) is 27.2 Å². The number of carbonyl (C=O) groups is 2. The summed E-state index contributed by atoms with van der Waals surface area (Å²) in [4.78, 5) is 21.8. The van der Waals surface area contributed by atoms with Crippen LogP contribution in [0.4, 0.5) is 0 Å². The van der Waals surface area contributed by atoms with Gasteiger partial charge < -0.3 is 4.74 Å². The Morgan fingerprint density at radius 3 is 1.93 bits per heavy atom. The zero-order valence-corrected chi connectivity index (χ0v) is 9.74. The highest BCUT2D eigenvalue weighted by atomic mass is 32.2. The first-order valence-corrected chi connectivity index (χ1v) is 5.40. The Kier molecular flexibility index (Phi) is 10.8. The van der Waals surface area contributed by atoms with Crippen molar-refractivity contribution in [2.24, 2.45) is 5.92 Å². The van der Waals surface area contributed by atoms with Crippen LogP contribution in [0.3, 0.4) is 0 Å². The molecule has 0 fully saturated rings. The summed E-state index contributed by atoms with van der Waals surface area (Å²) in [6.07, 6.45) is 0.522. The molecule has 90 valence electrons. The first-order valence-electron chi connectivity index (χ1n) is 4.33. The van der Waals surface area contributed by atoms with Crippen LogP contribution in [0, 0.1) is 5.92 Å². The van der Waals surface area contributed by atoms with Crippen molar-refractivity contribution in [2.45, 2.75) is 27.2 Å². The standard InChI is InChI=1S/C8H14O3.H2O3S/c1-4-7(6(3)9)8(10)11-5-2;1-4(2)3/h7H,4-5H2,1-3H3;(H2,1,2,3). The molecule has 15 heavy (non-hydrogen) atoms. The Hall–Kier alpha value is -0.790. The van der Waals surface area contributed by atoms with Gasteiger partial charge in [0.2, 0.25) is 0 Å². The first kappa shape index (κ1) is 16.6. The summed E-state index contributed by atoms with van der Waals surface area (Å²) < 4.78 is 27.5. The van der Waals surface area contributed by atoms with E-state index in [1.165, 1.54) is 6.92 Å². The van der Waals surface area contributed by atoms with Crippen molar-refractivity contribution >= 4 is 23.1 Å². The lowest BCUT2D eigenvalue weighted by molar-refractivity contribution is -0.151. The Bertz CT molecular complexity index is 223. The van der Waals surface area contributed by atoms with Crippen molar-refractivity contribution in [2.75, 3.05) is 6.61 Å². The van der Waals surface area contributed by atoms with Crippen LogP contribution in [0.5, 0.6) is 0 Å². The second-order valence-corrected chi connectivity index (χ2v) is 3.02. The zero-order chi connectivity index (χ0) is 12.4. The number of hydrogen-bond acceptors (Lipinski definition) is 4. The lowest BCUT2D eigenvalue weighted by atomic mass is 10.0. The van der Waals surface area contributed by atoms with E-state index in [0.29, 0.717) is 13.0 Å². The first-order chi connectivity index (χ1) is 6.86. The molecule has 0 saturated heterocycles. The fourth-order valence-corrected chi connectivity index (χ4v) is 0.863. The average molecular weight is 240 g/mol. The summed E-state index contributed by atoms with van der Waals surface area (Å²) in [6, 6.07) is 0. The van der Waals surface area contributed by atoms with Gasteiger partial charge >= 0.3 is 5.97 Å². The Balaban J connectivity index is 0. The van der Waals surface area contributed by atoms with Crippen LogP contribution in [0.2, 0.25) is 0 Å². The minimum Gasteiger partial charge on any atom is -0.465 e. The van der Waals surface area contributed by atoms with Crippen molar-refractivity contribution in [1.29, 1.82) is 0 Å². The number of hydrogen-bond donors (Lipinski definition) is 2. The van der Waals surface area contributed by atoms with Gasteiger partial charge in [-0.15, -0.1) is 0 Å². The highest BCUT2D eigenvalue weighted by molar-refractivity contribution is 7.73. The van der Waals surface area contributed by atoms with E-state index in [2.05, 4.69) is 0 Å². The molecule has 0 rings (SSSR count). The number of ketones is 1. The molecular formula is C8H16O6S. The molecule has 2 N–H and O–H groups in total. The van der Waals surface area contributed by atoms with E-state index in [9.17, 15) is 9.59 Å². The summed E-state index contributed by atoms with van der Waals surface area (Å²) in [5, 5.41) is 0. The molecule has 7 heteroatoms. The van der Waals surface area contributed by atoms with Gasteiger partial charge in [-0.05, 0) is 20.3 Å². The van der Waals surface area contributed by atoms with Gasteiger partial charge in [0.25, 0.3) is 11.4 Å². The van der Waals surface area contributed by atoms with E-state index in [0.717, 1.165) is 0 Å². The predicted molar refractivity (Wildman–Crippen MR) is 54.5 cm³/mol. The zero-order valence-electron chi connectivity index (χ0n) is 8.93. The third-order valence-electron chi connectivity index (χ3n) is 1.47. The number of rotatable bonds is 4. The Morgan fingerprint density at radius 1 is 1.33 bits per heavy atom. The largest absolute Gasteiger partial charge is 0.465 e. The van der Waals surface area contributed by atoms with E-state index in [-0.39, 0.29) is 5.78 Å². The molecule has 0 aliphatic carbocycles. The Labute approximate surface area is 91.1 Å². The third-order valence-corrected chi connectivity index (χ3v) is 1.47. The number of carbonyl (C=O) groups excluding carboxylic acids is 2. The fourth-order valence-electron chi connectivity index (χ4n) is 0.863. The molecule has 6 nitrogen and oxygen atoms in total. The second-order valence-electron chi connectivity index (χ2n) is 2.55. The van der Waals surface area contributed by atoms with Gasteiger partial charge in [-0.1, -0.05) is 6.92 Å². The van der Waals surface area contributed by atoms with Gasteiger partial charge in [0.1, 0.15) is 11.7 Å². The summed E-state index contributed by atoms with van der Waals surface area (Å²) in [5.74, 6) is -1.08. The maximum atomic E-state index is 11.0. The van der Waals surface area contributed by atoms with Crippen LogP contribution >= 0.6 is 0 Å². The maximum absolute atomic E-state index is 11.0. The highest BCUT2D eigenvalue weighted by Gasteiger charge is 2.21. The molecule has 0 aromatic rings. The van der Waals surface area contributed by atoms with Gasteiger partial charge in [-0.3, -0.25) is 18.7 Å². The topological polar surface area (TPSA) is 101 Å². The smallest absolute Gasteiger partial charge is 0.316 e. The van der Waals surface area contributed by atoms with Crippen LogP contribution in [0.15, 0.2) is 0 Å². The summed E-state index contributed by atoms with van der Waals surface area (Å²) in [5.41, 5.74) is 0. The van der Waals surface area contributed by atoms with Gasteiger partial charge in [-0.25, -0.2) is 0 Å². The SMILES string of the molecule is CCOC(=O)C(CC)C(C)=O.O=S(O)O. The minimum atomic E-state index is -2.61. The van der Waals surface area contributed by atoms with Crippen LogP contribution in [-0.4, -0.2) is 31.7 Å². The van der Waals surface area contributed by atoms with Crippen LogP contribution in [-0.2, 0) is 25.7 Å². The molecular weight excluding hydrogens is 224 g/mol. The summed E-state index contributed by atoms with van der Waals surface area (Å²) in [6.45, 7) is 5.27. The number of esters is 1. The average Bonchev–Trinajstić information content (AvgIpc) is 2.03. The van der Waals surface area contributed by atoms with E-state index < -0.39 is 23.2 Å². The van der Waals surface area contributed by atoms with Gasteiger partial charge in [0.05, 0.1) is 6.61 Å². The number of ether oxygens (including phenoxy) is 1. The van der Waals surface area contributed by atoms with Crippen molar-refractivity contribution in [3.63, 3.8) is 0 Å². The molecule has 0 aromatic heterocycles.